The normalized spacial score (nSPS) is 14.5. The molecule has 0 amide bonds. The van der Waals surface area contributed by atoms with Crippen LogP contribution in [0.5, 0.6) is 11.8 Å². The molecule has 1 aromatic carbocycles. The van der Waals surface area contributed by atoms with Crippen LogP contribution in [0.3, 0.4) is 0 Å². The summed E-state index contributed by atoms with van der Waals surface area (Å²) in [5, 5.41) is 6.00. The lowest BCUT2D eigenvalue weighted by Crippen LogP contribution is -2.21. The van der Waals surface area contributed by atoms with Crippen molar-refractivity contribution in [3.63, 3.8) is 0 Å². The molecule has 36 heavy (non-hydrogen) atoms. The summed E-state index contributed by atoms with van der Waals surface area (Å²) in [6.07, 6.45) is 5.95. The predicted octanol–water partition coefficient (Wildman–Crippen LogP) is 3.90. The lowest BCUT2D eigenvalue weighted by atomic mass is 10.1. The molecule has 2 aromatic rings. The van der Waals surface area contributed by atoms with Crippen LogP contribution in [0.15, 0.2) is 0 Å². The Morgan fingerprint density at radius 1 is 0.722 bits per heavy atom. The van der Waals surface area contributed by atoms with Crippen LogP contribution < -0.4 is 21.1 Å². The van der Waals surface area contributed by atoms with Gasteiger partial charge < -0.3 is 30.6 Å². The van der Waals surface area contributed by atoms with Gasteiger partial charge in [-0.25, -0.2) is 13.2 Å². The highest BCUT2D eigenvalue weighted by atomic mass is 19.2. The third-order valence-corrected chi connectivity index (χ3v) is 5.33. The van der Waals surface area contributed by atoms with Crippen molar-refractivity contribution in [2.45, 2.75) is 44.6 Å². The number of aromatic nitrogens is 3. The van der Waals surface area contributed by atoms with E-state index in [9.17, 15) is 22.0 Å². The van der Waals surface area contributed by atoms with Gasteiger partial charge in [0.1, 0.15) is 0 Å². The number of nitrogens with two attached hydrogens (primary N) is 1. The maximum atomic E-state index is 14.1. The number of ether oxygens (including phenoxy) is 3. The highest BCUT2D eigenvalue weighted by Gasteiger charge is 2.28. The second-order valence-corrected chi connectivity index (χ2v) is 8.04. The quantitative estimate of drug-likeness (QED) is 0.119. The second kappa shape index (κ2) is 14.0. The van der Waals surface area contributed by atoms with Gasteiger partial charge in [-0.05, 0) is 12.8 Å². The molecule has 3 rings (SSSR count). The largest absolute Gasteiger partial charge is 0.418 e. The molecule has 0 saturated heterocycles. The average Bonchev–Trinajstić information content (AvgIpc) is 3.14. The Kier molecular flexibility index (Phi) is 10.8. The summed E-state index contributed by atoms with van der Waals surface area (Å²) in [6.45, 7) is 2.03. The SMILES string of the molecule is NCCOCCOCCNc1nc(NC2CCCCCC2)nc(Oc2c(F)c(F)c(F)c(F)c2F)n1. The molecule has 14 heteroatoms. The minimum atomic E-state index is -2.29. The summed E-state index contributed by atoms with van der Waals surface area (Å²) >= 11 is 0. The summed E-state index contributed by atoms with van der Waals surface area (Å²) in [5.41, 5.74) is 5.33. The fourth-order valence-electron chi connectivity index (χ4n) is 3.56. The van der Waals surface area contributed by atoms with E-state index >= 15 is 0 Å². The summed E-state index contributed by atoms with van der Waals surface area (Å²) in [4.78, 5) is 12.1. The zero-order chi connectivity index (χ0) is 25.9. The van der Waals surface area contributed by atoms with Crippen LogP contribution in [-0.4, -0.2) is 60.5 Å². The average molecular weight is 521 g/mol. The van der Waals surface area contributed by atoms with Crippen LogP contribution in [-0.2, 0) is 9.47 Å². The van der Waals surface area contributed by atoms with Crippen molar-refractivity contribution in [2.75, 3.05) is 50.2 Å². The molecule has 0 spiro atoms. The molecular weight excluding hydrogens is 491 g/mol. The number of nitrogens with zero attached hydrogens (tertiary/aromatic N) is 3. The molecule has 200 valence electrons. The van der Waals surface area contributed by atoms with Gasteiger partial charge >= 0.3 is 6.01 Å². The van der Waals surface area contributed by atoms with Crippen molar-refractivity contribution in [1.29, 1.82) is 0 Å². The first kappa shape index (κ1) is 27.7. The number of hydrogen-bond donors (Lipinski definition) is 3. The monoisotopic (exact) mass is 520 g/mol. The third-order valence-electron chi connectivity index (χ3n) is 5.33. The first-order chi connectivity index (χ1) is 17.4. The molecular formula is C22H29F5N6O3. The molecule has 0 aliphatic heterocycles. The van der Waals surface area contributed by atoms with E-state index in [0.717, 1.165) is 38.5 Å². The third kappa shape index (κ3) is 7.83. The predicted molar refractivity (Wildman–Crippen MR) is 120 cm³/mol. The smallest absolute Gasteiger partial charge is 0.328 e. The lowest BCUT2D eigenvalue weighted by Gasteiger charge is -2.17. The number of halogens is 5. The van der Waals surface area contributed by atoms with E-state index in [-0.39, 0.29) is 31.1 Å². The molecule has 1 aliphatic carbocycles. The molecule has 1 fully saturated rings. The highest BCUT2D eigenvalue weighted by molar-refractivity contribution is 5.39. The highest BCUT2D eigenvalue weighted by Crippen LogP contribution is 2.32. The number of rotatable bonds is 13. The fourth-order valence-corrected chi connectivity index (χ4v) is 3.56. The van der Waals surface area contributed by atoms with Gasteiger partial charge in [0.15, 0.2) is 0 Å². The Bertz CT molecular complexity index is 966. The molecule has 0 bridgehead atoms. The van der Waals surface area contributed by atoms with E-state index in [2.05, 4.69) is 25.6 Å². The van der Waals surface area contributed by atoms with Crippen LogP contribution >= 0.6 is 0 Å². The lowest BCUT2D eigenvalue weighted by molar-refractivity contribution is 0.0547. The van der Waals surface area contributed by atoms with Crippen LogP contribution in [0.4, 0.5) is 33.8 Å². The van der Waals surface area contributed by atoms with Gasteiger partial charge in [-0.1, -0.05) is 25.7 Å². The van der Waals surface area contributed by atoms with E-state index in [4.69, 9.17) is 19.9 Å². The Morgan fingerprint density at radius 3 is 1.94 bits per heavy atom. The standard InChI is InChI=1S/C22H29F5N6O3/c23-14-15(24)17(26)19(18(27)16(14)25)36-22-32-20(29-8-10-35-12-11-34-9-7-28)31-21(33-22)30-13-5-3-1-2-4-6-13/h13H,1-12,28H2,(H2,29,30,31,32,33). The van der Waals surface area contributed by atoms with E-state index in [1.54, 1.807) is 0 Å². The maximum absolute atomic E-state index is 14.1. The Morgan fingerprint density at radius 2 is 1.31 bits per heavy atom. The van der Waals surface area contributed by atoms with E-state index < -0.39 is 40.8 Å². The van der Waals surface area contributed by atoms with Crippen LogP contribution in [0.1, 0.15) is 38.5 Å². The van der Waals surface area contributed by atoms with Gasteiger partial charge in [0.25, 0.3) is 0 Å². The Balaban J connectivity index is 1.74. The maximum Gasteiger partial charge on any atom is 0.328 e. The van der Waals surface area contributed by atoms with Gasteiger partial charge in [0.2, 0.25) is 46.7 Å². The molecule has 1 saturated carbocycles. The molecule has 1 aliphatic rings. The van der Waals surface area contributed by atoms with Gasteiger partial charge in [-0.3, -0.25) is 0 Å². The van der Waals surface area contributed by atoms with Crippen molar-refractivity contribution in [3.8, 4) is 11.8 Å². The second-order valence-electron chi connectivity index (χ2n) is 8.04. The van der Waals surface area contributed by atoms with Gasteiger partial charge in [-0.15, -0.1) is 0 Å². The summed E-state index contributed by atoms with van der Waals surface area (Å²) < 4.78 is 84.4. The van der Waals surface area contributed by atoms with Crippen molar-refractivity contribution in [2.24, 2.45) is 5.73 Å². The summed E-state index contributed by atoms with van der Waals surface area (Å²) in [6, 6.07) is -0.607. The van der Waals surface area contributed by atoms with Crippen LogP contribution in [0.2, 0.25) is 0 Å². The zero-order valence-electron chi connectivity index (χ0n) is 19.6. The Hall–Kier alpha value is -2.84. The summed E-state index contributed by atoms with van der Waals surface area (Å²) in [7, 11) is 0. The Labute approximate surface area is 204 Å². The van der Waals surface area contributed by atoms with Crippen molar-refractivity contribution in [1.82, 2.24) is 15.0 Å². The molecule has 4 N–H and O–H groups in total. The zero-order valence-corrected chi connectivity index (χ0v) is 19.6. The van der Waals surface area contributed by atoms with Crippen LogP contribution in [0, 0.1) is 29.1 Å². The molecule has 9 nitrogen and oxygen atoms in total. The van der Waals surface area contributed by atoms with Crippen LogP contribution in [0.25, 0.3) is 0 Å². The number of hydrogen-bond acceptors (Lipinski definition) is 9. The first-order valence-electron chi connectivity index (χ1n) is 11.7. The topological polar surface area (TPSA) is 116 Å². The molecule has 1 heterocycles. The minimum absolute atomic E-state index is 0.0365. The van der Waals surface area contributed by atoms with Crippen molar-refractivity contribution >= 4 is 11.9 Å². The van der Waals surface area contributed by atoms with Crippen molar-refractivity contribution in [3.05, 3.63) is 29.1 Å². The minimum Gasteiger partial charge on any atom is -0.418 e. The number of anilines is 2. The summed E-state index contributed by atoms with van der Waals surface area (Å²) in [5.74, 6) is -12.3. The first-order valence-corrected chi connectivity index (χ1v) is 11.7. The van der Waals surface area contributed by atoms with E-state index in [0.29, 0.717) is 26.4 Å². The van der Waals surface area contributed by atoms with Gasteiger partial charge in [0, 0.05) is 19.1 Å². The molecule has 0 unspecified atom stereocenters. The van der Waals surface area contributed by atoms with Crippen molar-refractivity contribution < 1.29 is 36.2 Å². The number of benzene rings is 1. The fraction of sp³-hybridized carbons (Fsp3) is 0.591. The number of nitrogens with one attached hydrogen (secondary N) is 2. The van der Waals surface area contributed by atoms with E-state index in [1.807, 2.05) is 0 Å². The van der Waals surface area contributed by atoms with Gasteiger partial charge in [-0.2, -0.15) is 23.7 Å². The molecule has 0 radical (unpaired) electrons. The molecule has 1 aromatic heterocycles. The molecule has 0 atom stereocenters. The van der Waals surface area contributed by atoms with Gasteiger partial charge in [0.05, 0.1) is 26.4 Å². The van der Waals surface area contributed by atoms with E-state index in [1.165, 1.54) is 0 Å².